The van der Waals surface area contributed by atoms with Crippen molar-refractivity contribution in [2.75, 3.05) is 19.8 Å². The Morgan fingerprint density at radius 1 is 1.05 bits per heavy atom. The number of benzene rings is 1. The summed E-state index contributed by atoms with van der Waals surface area (Å²) in [4.78, 5) is 0. The van der Waals surface area contributed by atoms with Crippen LogP contribution in [0.4, 0.5) is 0 Å². The van der Waals surface area contributed by atoms with E-state index >= 15 is 0 Å². The summed E-state index contributed by atoms with van der Waals surface area (Å²) < 4.78 is 12.3. The fraction of sp³-hybridized carbons (Fsp3) is 0.600. The van der Waals surface area contributed by atoms with Crippen LogP contribution in [0.2, 0.25) is 0 Å². The molecule has 0 spiro atoms. The second kappa shape index (κ2) is 11.2. The Morgan fingerprint density at radius 2 is 1.65 bits per heavy atom. The van der Waals surface area contributed by atoms with Crippen molar-refractivity contribution < 1.29 is 21.9 Å². The van der Waals surface area contributed by atoms with Gasteiger partial charge in [-0.25, -0.2) is 0 Å². The monoisotopic (exact) mass is 364 g/mol. The van der Waals surface area contributed by atoms with E-state index in [0.717, 1.165) is 29.1 Å². The van der Waals surface area contributed by atoms with Crippen LogP contribution in [-0.4, -0.2) is 19.8 Å². The van der Waals surface area contributed by atoms with E-state index in [1.165, 1.54) is 18.4 Å². The normalized spacial score (nSPS) is 10.0. The molecule has 0 heterocycles. The summed E-state index contributed by atoms with van der Waals surface area (Å²) in [6.45, 7) is 9.32. The maximum Gasteiger partial charge on any atom is 0.162 e. The third-order valence-corrected chi connectivity index (χ3v) is 3.47. The van der Waals surface area contributed by atoms with Crippen LogP contribution in [-0.2, 0) is 6.54 Å². The molecule has 0 saturated heterocycles. The van der Waals surface area contributed by atoms with Crippen LogP contribution in [0.5, 0.6) is 11.5 Å². The molecule has 1 aromatic carbocycles. The Labute approximate surface area is 137 Å². The Bertz CT molecular complexity index is 388. The van der Waals surface area contributed by atoms with Gasteiger partial charge in [-0.1, -0.05) is 29.3 Å². The van der Waals surface area contributed by atoms with Gasteiger partial charge >= 0.3 is 0 Å². The average Bonchev–Trinajstić information content (AvgIpc) is 2.39. The minimum Gasteiger partial charge on any atom is -1.00 e. The Morgan fingerprint density at radius 3 is 2.20 bits per heavy atom. The molecule has 0 bridgehead atoms. The highest BCUT2D eigenvalue weighted by atomic mass is 79.9. The summed E-state index contributed by atoms with van der Waals surface area (Å²) in [7, 11) is 0. The van der Waals surface area contributed by atoms with E-state index in [9.17, 15) is 0 Å². The van der Waals surface area contributed by atoms with Gasteiger partial charge in [-0.15, -0.1) is 0 Å². The van der Waals surface area contributed by atoms with Crippen molar-refractivity contribution in [1.29, 1.82) is 0 Å². The molecule has 0 fully saturated rings. The zero-order chi connectivity index (χ0) is 14.1. The van der Waals surface area contributed by atoms with Gasteiger partial charge in [0.15, 0.2) is 11.5 Å². The molecule has 116 valence electrons. The summed E-state index contributed by atoms with van der Waals surface area (Å²) in [5, 5.41) is 3.44. The van der Waals surface area contributed by atoms with Gasteiger partial charge in [0.25, 0.3) is 0 Å². The average molecular weight is 366 g/mol. The molecule has 0 atom stereocenters. The van der Waals surface area contributed by atoms with E-state index in [1.807, 2.05) is 19.9 Å². The summed E-state index contributed by atoms with van der Waals surface area (Å²) in [5.74, 6) is 1.62. The van der Waals surface area contributed by atoms with Gasteiger partial charge in [0.1, 0.15) is 0 Å². The molecule has 0 aliphatic heterocycles. The third-order valence-electron chi connectivity index (χ3n) is 2.73. The zero-order valence-electron chi connectivity index (χ0n) is 12.5. The second-order valence-electron chi connectivity index (χ2n) is 4.29. The predicted octanol–water partition coefficient (Wildman–Crippen LogP) is 1.14. The molecule has 0 amide bonds. The summed E-state index contributed by atoms with van der Waals surface area (Å²) in [5.41, 5.74) is 1.20. The van der Waals surface area contributed by atoms with Gasteiger partial charge in [0, 0.05) is 11.0 Å². The van der Waals surface area contributed by atoms with Gasteiger partial charge in [-0.3, -0.25) is 0 Å². The van der Waals surface area contributed by atoms with Crippen LogP contribution in [0.25, 0.3) is 0 Å². The smallest absolute Gasteiger partial charge is 0.162 e. The van der Waals surface area contributed by atoms with Gasteiger partial charge in [0.05, 0.1) is 13.2 Å². The lowest BCUT2D eigenvalue weighted by atomic mass is 10.2. The summed E-state index contributed by atoms with van der Waals surface area (Å²) in [6.07, 6.45) is 2.41. The third kappa shape index (κ3) is 6.33. The Balaban J connectivity index is 0.00000361. The number of nitrogens with one attached hydrogen (secondary N) is 1. The maximum absolute atomic E-state index is 5.64. The van der Waals surface area contributed by atoms with Gasteiger partial charge in [-0.05, 0) is 44.5 Å². The molecule has 3 nitrogen and oxygen atoms in total. The van der Waals surface area contributed by atoms with Crippen molar-refractivity contribution in [3.05, 3.63) is 22.2 Å². The molecule has 0 saturated carbocycles. The topological polar surface area (TPSA) is 30.5 Å². The first kappa shape index (κ1) is 19.6. The Hall–Kier alpha value is -0.450. The van der Waals surface area contributed by atoms with E-state index in [2.05, 4.69) is 34.2 Å². The minimum atomic E-state index is 0. The lowest BCUT2D eigenvalue weighted by molar-refractivity contribution is -0.00000494. The number of hydrogen-bond donors (Lipinski definition) is 1. The fourth-order valence-electron chi connectivity index (χ4n) is 1.77. The highest BCUT2D eigenvalue weighted by Crippen LogP contribution is 2.33. The summed E-state index contributed by atoms with van der Waals surface area (Å²) in [6, 6.07) is 4.04. The van der Waals surface area contributed by atoms with Crippen LogP contribution in [0, 0.1) is 0 Å². The lowest BCUT2D eigenvalue weighted by Crippen LogP contribution is -3.00. The zero-order valence-corrected chi connectivity index (χ0v) is 14.8. The Kier molecular flexibility index (Phi) is 11.0. The molecule has 0 aliphatic carbocycles. The molecule has 0 radical (unpaired) electrons. The maximum atomic E-state index is 5.64. The van der Waals surface area contributed by atoms with Gasteiger partial charge in [-0.2, -0.15) is 0 Å². The van der Waals surface area contributed by atoms with E-state index in [4.69, 9.17) is 9.47 Å². The lowest BCUT2D eigenvalue weighted by Gasteiger charge is -2.14. The van der Waals surface area contributed by atoms with Gasteiger partial charge < -0.3 is 27.2 Å². The van der Waals surface area contributed by atoms with Crippen molar-refractivity contribution in [2.24, 2.45) is 0 Å². The highest BCUT2D eigenvalue weighted by Gasteiger charge is 2.10. The number of halogens is 2. The van der Waals surface area contributed by atoms with Crippen LogP contribution < -0.4 is 27.2 Å². The molecule has 1 N–H and O–H groups in total. The molecule has 20 heavy (non-hydrogen) atoms. The molecular weight excluding hydrogens is 342 g/mol. The van der Waals surface area contributed by atoms with E-state index in [1.54, 1.807) is 0 Å². The first-order valence-electron chi connectivity index (χ1n) is 7.01. The molecular formula is C15H24BrClNO2-. The van der Waals surface area contributed by atoms with Crippen molar-refractivity contribution in [1.82, 2.24) is 5.32 Å². The number of hydrogen-bond acceptors (Lipinski definition) is 3. The molecule has 1 aromatic rings. The first-order chi connectivity index (χ1) is 9.22. The minimum absolute atomic E-state index is 0. The van der Waals surface area contributed by atoms with Crippen LogP contribution >= 0.6 is 15.9 Å². The first-order valence-corrected chi connectivity index (χ1v) is 7.80. The standard InChI is InChI=1S/C15H24BrNO2.ClH/c1-4-7-8-17-11-12-9-14(18-5-2)15(19-6-3)10-13(12)16;/h9-10,17H,4-8,11H2,1-3H3;1H/p-1. The van der Waals surface area contributed by atoms with Crippen molar-refractivity contribution >= 4 is 15.9 Å². The molecule has 1 rings (SSSR count). The second-order valence-corrected chi connectivity index (χ2v) is 5.14. The number of unbranched alkanes of at least 4 members (excludes halogenated alkanes) is 1. The van der Waals surface area contributed by atoms with Crippen LogP contribution in [0.15, 0.2) is 16.6 Å². The number of rotatable bonds is 9. The molecule has 5 heteroatoms. The van der Waals surface area contributed by atoms with Crippen molar-refractivity contribution in [2.45, 2.75) is 40.2 Å². The largest absolute Gasteiger partial charge is 1.00 e. The van der Waals surface area contributed by atoms with E-state index in [-0.39, 0.29) is 12.4 Å². The SMILES string of the molecule is CCCCNCc1cc(OCC)c(OCC)cc1Br.[Cl-]. The van der Waals surface area contributed by atoms with Crippen molar-refractivity contribution in [3.63, 3.8) is 0 Å². The van der Waals surface area contributed by atoms with Crippen LogP contribution in [0.1, 0.15) is 39.2 Å². The summed E-state index contributed by atoms with van der Waals surface area (Å²) >= 11 is 3.60. The predicted molar refractivity (Wildman–Crippen MR) is 83.1 cm³/mol. The number of ether oxygens (including phenoxy) is 2. The fourth-order valence-corrected chi connectivity index (χ4v) is 2.24. The molecule has 0 unspecified atom stereocenters. The van der Waals surface area contributed by atoms with Gasteiger partial charge in [0.2, 0.25) is 0 Å². The van der Waals surface area contributed by atoms with E-state index in [0.29, 0.717) is 13.2 Å². The van der Waals surface area contributed by atoms with Crippen molar-refractivity contribution in [3.8, 4) is 11.5 Å². The molecule has 0 aromatic heterocycles. The molecule has 0 aliphatic rings. The quantitative estimate of drug-likeness (QED) is 0.666. The highest BCUT2D eigenvalue weighted by molar-refractivity contribution is 9.10. The van der Waals surface area contributed by atoms with Crippen LogP contribution in [0.3, 0.4) is 0 Å². The van der Waals surface area contributed by atoms with E-state index < -0.39 is 0 Å².